The molecule has 0 spiro atoms. The van der Waals surface area contributed by atoms with Gasteiger partial charge in [-0.25, -0.2) is 0 Å². The van der Waals surface area contributed by atoms with Crippen molar-refractivity contribution in [3.05, 3.63) is 80.9 Å². The molecule has 6 rings (SSSR count). The molecule has 31 heavy (non-hydrogen) atoms. The lowest BCUT2D eigenvalue weighted by Crippen LogP contribution is -2.40. The van der Waals surface area contributed by atoms with Crippen LogP contribution >= 0.6 is 0 Å². The number of aryl methyl sites for hydroxylation is 4. The first-order valence-electron chi connectivity index (χ1n) is 12.7. The van der Waals surface area contributed by atoms with Crippen molar-refractivity contribution in [2.75, 3.05) is 0 Å². The molecule has 0 heterocycles. The Balaban J connectivity index is 1.45. The maximum absolute atomic E-state index is 2.74. The van der Waals surface area contributed by atoms with Gasteiger partial charge in [-0.05, 0) is 112 Å². The lowest BCUT2D eigenvalue weighted by molar-refractivity contribution is 0.718. The molecule has 160 valence electrons. The fourth-order valence-electron chi connectivity index (χ4n) is 7.00. The van der Waals surface area contributed by atoms with Crippen molar-refractivity contribution < 1.29 is 0 Å². The highest BCUT2D eigenvalue weighted by molar-refractivity contribution is 6.81. The van der Waals surface area contributed by atoms with Crippen LogP contribution in [0.5, 0.6) is 0 Å². The third kappa shape index (κ3) is 2.92. The average Bonchev–Trinajstić information content (AvgIpc) is 3.53. The summed E-state index contributed by atoms with van der Waals surface area (Å²) < 4.78 is 0. The molecule has 0 nitrogen and oxygen atoms in total. The summed E-state index contributed by atoms with van der Waals surface area (Å²) >= 11 is 0. The van der Waals surface area contributed by atoms with Crippen LogP contribution in [0.2, 0.25) is 13.1 Å². The Bertz CT molecular complexity index is 1130. The van der Waals surface area contributed by atoms with E-state index in [1.165, 1.54) is 50.5 Å². The van der Waals surface area contributed by atoms with E-state index < -0.39 is 8.07 Å². The first-order chi connectivity index (χ1) is 15.0. The number of hydrogen-bond donors (Lipinski definition) is 0. The van der Waals surface area contributed by atoms with Gasteiger partial charge in [-0.3, -0.25) is 0 Å². The molecular weight excluding hydrogens is 388 g/mol. The number of allylic oxidation sites excluding steroid dienone is 3. The Morgan fingerprint density at radius 3 is 2.13 bits per heavy atom. The van der Waals surface area contributed by atoms with Crippen molar-refractivity contribution in [2.24, 2.45) is 5.92 Å². The Hall–Kier alpha value is -1.86. The Morgan fingerprint density at radius 2 is 1.45 bits per heavy atom. The standard InChI is InChI=1S/C30H36Si/c1-5-19(2)25-18-30(28-17-23-11-7-10-22(23)16-27(25)28)31(3,4)29-13-12-24-14-20-8-6-9-21(20)15-26(24)29/h12-19,29-30H,5-11H2,1-4H3. The minimum atomic E-state index is -1.67. The maximum atomic E-state index is 2.74. The molecule has 4 aliphatic carbocycles. The van der Waals surface area contributed by atoms with Gasteiger partial charge in [0.2, 0.25) is 0 Å². The first kappa shape index (κ1) is 19.8. The molecule has 2 aromatic rings. The average molecular weight is 425 g/mol. The van der Waals surface area contributed by atoms with Crippen molar-refractivity contribution in [3.8, 4) is 0 Å². The molecule has 1 heteroatoms. The summed E-state index contributed by atoms with van der Waals surface area (Å²) in [5.41, 5.74) is 15.9. The van der Waals surface area contributed by atoms with E-state index in [1.807, 2.05) is 0 Å². The summed E-state index contributed by atoms with van der Waals surface area (Å²) in [7, 11) is -1.67. The van der Waals surface area contributed by atoms with Crippen LogP contribution in [0.25, 0.3) is 11.6 Å². The van der Waals surface area contributed by atoms with Gasteiger partial charge >= 0.3 is 0 Å². The van der Waals surface area contributed by atoms with E-state index in [9.17, 15) is 0 Å². The van der Waals surface area contributed by atoms with Gasteiger partial charge in [0.15, 0.2) is 0 Å². The quantitative estimate of drug-likeness (QED) is 0.439. The number of fused-ring (bicyclic) bond motifs is 4. The zero-order valence-corrected chi connectivity index (χ0v) is 20.7. The van der Waals surface area contributed by atoms with Gasteiger partial charge in [0.05, 0.1) is 8.07 Å². The summed E-state index contributed by atoms with van der Waals surface area (Å²) in [6.45, 7) is 10.1. The van der Waals surface area contributed by atoms with Crippen LogP contribution < -0.4 is 0 Å². The molecule has 0 saturated carbocycles. The van der Waals surface area contributed by atoms with Crippen LogP contribution in [0.1, 0.15) is 88.7 Å². The highest BCUT2D eigenvalue weighted by Crippen LogP contribution is 2.52. The second-order valence-corrected chi connectivity index (χ2v) is 16.1. The fourth-order valence-corrected chi connectivity index (χ4v) is 10.7. The Labute approximate surface area is 189 Å². The lowest BCUT2D eigenvalue weighted by Gasteiger charge is -2.36. The molecule has 2 aromatic carbocycles. The largest absolute Gasteiger partial charge is 0.0791 e. The minimum absolute atomic E-state index is 0.631. The summed E-state index contributed by atoms with van der Waals surface area (Å²) in [5, 5.41) is 0. The van der Waals surface area contributed by atoms with E-state index in [0.717, 1.165) is 0 Å². The van der Waals surface area contributed by atoms with Crippen LogP contribution in [0.15, 0.2) is 36.4 Å². The molecule has 0 N–H and O–H groups in total. The number of benzene rings is 2. The lowest BCUT2D eigenvalue weighted by atomic mass is 9.91. The van der Waals surface area contributed by atoms with Crippen LogP contribution in [0.4, 0.5) is 0 Å². The van der Waals surface area contributed by atoms with E-state index in [0.29, 0.717) is 17.0 Å². The van der Waals surface area contributed by atoms with E-state index >= 15 is 0 Å². The fraction of sp³-hybridized carbons (Fsp3) is 0.467. The van der Waals surface area contributed by atoms with Crippen LogP contribution in [-0.4, -0.2) is 8.07 Å². The van der Waals surface area contributed by atoms with Gasteiger partial charge < -0.3 is 0 Å². The second kappa shape index (κ2) is 7.07. The third-order valence-corrected chi connectivity index (χ3v) is 13.3. The van der Waals surface area contributed by atoms with E-state index in [1.54, 1.807) is 44.5 Å². The second-order valence-electron chi connectivity index (χ2n) is 11.2. The molecule has 0 aliphatic heterocycles. The van der Waals surface area contributed by atoms with Crippen molar-refractivity contribution in [1.82, 2.24) is 0 Å². The number of hydrogen-bond acceptors (Lipinski definition) is 0. The zero-order chi connectivity index (χ0) is 21.3. The van der Waals surface area contributed by atoms with E-state index in [4.69, 9.17) is 0 Å². The van der Waals surface area contributed by atoms with Crippen molar-refractivity contribution in [3.63, 3.8) is 0 Å². The van der Waals surface area contributed by atoms with Crippen molar-refractivity contribution >= 4 is 19.7 Å². The zero-order valence-electron chi connectivity index (χ0n) is 19.7. The van der Waals surface area contributed by atoms with E-state index in [2.05, 4.69) is 69.4 Å². The maximum Gasteiger partial charge on any atom is 0.0715 e. The Morgan fingerprint density at radius 1 is 0.839 bits per heavy atom. The summed E-state index contributed by atoms with van der Waals surface area (Å²) in [6.07, 6.45) is 16.8. The van der Waals surface area contributed by atoms with E-state index in [-0.39, 0.29) is 0 Å². The predicted molar refractivity (Wildman–Crippen MR) is 136 cm³/mol. The van der Waals surface area contributed by atoms with Gasteiger partial charge in [0, 0.05) is 0 Å². The summed E-state index contributed by atoms with van der Waals surface area (Å²) in [4.78, 5) is 0. The topological polar surface area (TPSA) is 0 Å². The molecule has 3 atom stereocenters. The predicted octanol–water partition coefficient (Wildman–Crippen LogP) is 7.79. The SMILES string of the molecule is CCC(C)C1=CC([Si](C)(C)C2C=Cc3cc4c(cc32)CCC4)c2cc3c(cc21)CCC3. The van der Waals surface area contributed by atoms with Crippen LogP contribution in [-0.2, 0) is 25.7 Å². The molecule has 0 saturated heterocycles. The molecule has 0 amide bonds. The molecule has 4 aliphatic rings. The molecule has 0 aromatic heterocycles. The molecule has 0 fully saturated rings. The third-order valence-electron chi connectivity index (χ3n) is 9.10. The van der Waals surface area contributed by atoms with Gasteiger partial charge in [0.25, 0.3) is 0 Å². The van der Waals surface area contributed by atoms with Gasteiger partial charge in [-0.1, -0.05) is 69.4 Å². The highest BCUT2D eigenvalue weighted by Gasteiger charge is 2.45. The van der Waals surface area contributed by atoms with Crippen molar-refractivity contribution in [2.45, 2.75) is 83.0 Å². The highest BCUT2D eigenvalue weighted by atomic mass is 28.3. The molecule has 3 unspecified atom stereocenters. The summed E-state index contributed by atoms with van der Waals surface area (Å²) in [5.74, 6) is 0.655. The first-order valence-corrected chi connectivity index (χ1v) is 15.8. The van der Waals surface area contributed by atoms with Crippen molar-refractivity contribution in [1.29, 1.82) is 0 Å². The van der Waals surface area contributed by atoms with Gasteiger partial charge in [-0.2, -0.15) is 0 Å². The molecule has 0 bridgehead atoms. The Kier molecular flexibility index (Phi) is 4.51. The number of rotatable bonds is 4. The molecule has 0 radical (unpaired) electrons. The molecular formula is C30H36Si. The summed E-state index contributed by atoms with van der Waals surface area (Å²) in [6, 6.07) is 10.4. The van der Waals surface area contributed by atoms with Crippen LogP contribution in [0, 0.1) is 5.92 Å². The minimum Gasteiger partial charge on any atom is -0.0791 e. The smallest absolute Gasteiger partial charge is 0.0715 e. The van der Waals surface area contributed by atoms with Crippen LogP contribution in [0.3, 0.4) is 0 Å². The van der Waals surface area contributed by atoms with Gasteiger partial charge in [0.1, 0.15) is 0 Å². The van der Waals surface area contributed by atoms with Gasteiger partial charge in [-0.15, -0.1) is 0 Å². The normalized spacial score (nSPS) is 24.1. The monoisotopic (exact) mass is 424 g/mol.